The van der Waals surface area contributed by atoms with E-state index < -0.39 is 0 Å². The summed E-state index contributed by atoms with van der Waals surface area (Å²) >= 11 is 0. The molecule has 0 aromatic heterocycles. The quantitative estimate of drug-likeness (QED) is 0.0770. The summed E-state index contributed by atoms with van der Waals surface area (Å²) in [5.74, 6) is 1.25. The van der Waals surface area contributed by atoms with Gasteiger partial charge in [-0.25, -0.2) is 0 Å². The smallest absolute Gasteiger partial charge is 0.105 e. The number of hydrogen-bond donors (Lipinski definition) is 0. The molecule has 0 amide bonds. The van der Waals surface area contributed by atoms with Crippen molar-refractivity contribution in [1.29, 1.82) is 0 Å². The summed E-state index contributed by atoms with van der Waals surface area (Å²) in [6.45, 7) is 19.0. The van der Waals surface area contributed by atoms with E-state index in [1.165, 1.54) is 89.9 Å². The third kappa shape index (κ3) is 25.3. The van der Waals surface area contributed by atoms with Gasteiger partial charge in [-0.3, -0.25) is 0 Å². The first-order valence-electron chi connectivity index (χ1n) is 17.1. The summed E-state index contributed by atoms with van der Waals surface area (Å²) in [4.78, 5) is 0. The van der Waals surface area contributed by atoms with Crippen LogP contribution in [0.2, 0.25) is 0 Å². The van der Waals surface area contributed by atoms with Gasteiger partial charge in [0.2, 0.25) is 0 Å². The lowest BCUT2D eigenvalue weighted by atomic mass is 10.0. The van der Waals surface area contributed by atoms with Crippen molar-refractivity contribution in [3.05, 3.63) is 0 Å². The van der Waals surface area contributed by atoms with Crippen LogP contribution in [-0.2, 0) is 23.7 Å². The Morgan fingerprint density at radius 1 is 0.385 bits per heavy atom. The van der Waals surface area contributed by atoms with Crippen molar-refractivity contribution >= 4 is 0 Å². The Kier molecular flexibility index (Phi) is 30.6. The molecule has 0 rings (SSSR count). The molecule has 5 nitrogen and oxygen atoms in total. The molecule has 236 valence electrons. The average Bonchev–Trinajstić information content (AvgIpc) is 2.95. The summed E-state index contributed by atoms with van der Waals surface area (Å²) in [5, 5.41) is 0. The summed E-state index contributed by atoms with van der Waals surface area (Å²) in [6.07, 6.45) is 19.4. The van der Waals surface area contributed by atoms with Crippen LogP contribution in [-0.4, -0.2) is 65.1 Å². The van der Waals surface area contributed by atoms with Gasteiger partial charge >= 0.3 is 0 Å². The summed E-state index contributed by atoms with van der Waals surface area (Å²) in [6, 6.07) is 0. The van der Waals surface area contributed by atoms with E-state index in [1.54, 1.807) is 0 Å². The molecule has 0 spiro atoms. The van der Waals surface area contributed by atoms with Gasteiger partial charge in [-0.2, -0.15) is 0 Å². The number of rotatable bonds is 32. The molecule has 0 heterocycles. The zero-order chi connectivity index (χ0) is 28.8. The molecule has 4 unspecified atom stereocenters. The van der Waals surface area contributed by atoms with Crippen molar-refractivity contribution in [3.63, 3.8) is 0 Å². The Labute approximate surface area is 244 Å². The van der Waals surface area contributed by atoms with Gasteiger partial charge in [-0.05, 0) is 37.5 Å². The van der Waals surface area contributed by atoms with Gasteiger partial charge in [0.25, 0.3) is 0 Å². The lowest BCUT2D eigenvalue weighted by Crippen LogP contribution is -2.36. The van der Waals surface area contributed by atoms with Gasteiger partial charge < -0.3 is 23.7 Å². The van der Waals surface area contributed by atoms with Gasteiger partial charge in [0.05, 0.1) is 26.4 Å². The van der Waals surface area contributed by atoms with Crippen LogP contribution in [0, 0.1) is 11.8 Å². The molecule has 0 radical (unpaired) electrons. The highest BCUT2D eigenvalue weighted by Gasteiger charge is 2.20. The van der Waals surface area contributed by atoms with Gasteiger partial charge in [0.15, 0.2) is 0 Å². The van der Waals surface area contributed by atoms with Crippen LogP contribution < -0.4 is 0 Å². The van der Waals surface area contributed by atoms with Crippen LogP contribution in [0.25, 0.3) is 0 Å². The molecular weight excluding hydrogens is 488 g/mol. The molecule has 0 saturated carbocycles. The monoisotopic (exact) mass is 559 g/mol. The predicted octanol–water partition coefficient (Wildman–Crippen LogP) is 9.40. The van der Waals surface area contributed by atoms with Gasteiger partial charge in [0.1, 0.15) is 12.2 Å². The van der Waals surface area contributed by atoms with Crippen molar-refractivity contribution in [1.82, 2.24) is 0 Å². The van der Waals surface area contributed by atoms with E-state index in [9.17, 15) is 0 Å². The zero-order valence-electron chi connectivity index (χ0n) is 27.3. The standard InChI is InChI=1S/C34H70O5/c1-7-13-17-19-23-35-27-33(29-37-25-31(11-5)21-15-9-3)39-34(28-36-24-20-18-14-8-2)30-38-26-32(12-6)22-16-10-4/h31-34H,7-30H2,1-6H3. The maximum absolute atomic E-state index is 6.60. The maximum atomic E-state index is 6.60. The molecule has 0 aliphatic rings. The maximum Gasteiger partial charge on any atom is 0.105 e. The molecule has 0 saturated heterocycles. The van der Waals surface area contributed by atoms with E-state index in [-0.39, 0.29) is 12.2 Å². The Bertz CT molecular complexity index is 421. The van der Waals surface area contributed by atoms with Crippen molar-refractivity contribution in [3.8, 4) is 0 Å². The molecule has 0 aromatic carbocycles. The molecule has 5 heteroatoms. The first kappa shape index (κ1) is 38.8. The number of hydrogen-bond acceptors (Lipinski definition) is 5. The molecular formula is C34H70O5. The Morgan fingerprint density at radius 3 is 1.13 bits per heavy atom. The normalized spacial score (nSPS) is 14.9. The second-order valence-electron chi connectivity index (χ2n) is 11.6. The third-order valence-electron chi connectivity index (χ3n) is 7.68. The van der Waals surface area contributed by atoms with Crippen molar-refractivity contribution in [2.45, 2.75) is 156 Å². The number of ether oxygens (including phenoxy) is 5. The second-order valence-corrected chi connectivity index (χ2v) is 11.6. The van der Waals surface area contributed by atoms with Crippen LogP contribution in [0.3, 0.4) is 0 Å². The van der Waals surface area contributed by atoms with Crippen molar-refractivity contribution in [2.24, 2.45) is 11.8 Å². The Morgan fingerprint density at radius 2 is 0.769 bits per heavy atom. The zero-order valence-corrected chi connectivity index (χ0v) is 27.3. The average molecular weight is 559 g/mol. The minimum absolute atomic E-state index is 0.0980. The Hall–Kier alpha value is -0.200. The van der Waals surface area contributed by atoms with E-state index >= 15 is 0 Å². The predicted molar refractivity (Wildman–Crippen MR) is 167 cm³/mol. The van der Waals surface area contributed by atoms with Crippen LogP contribution >= 0.6 is 0 Å². The van der Waals surface area contributed by atoms with E-state index in [0.29, 0.717) is 38.3 Å². The Balaban J connectivity index is 4.97. The fourth-order valence-electron chi connectivity index (χ4n) is 4.75. The lowest BCUT2D eigenvalue weighted by Gasteiger charge is -2.26. The van der Waals surface area contributed by atoms with Crippen LogP contribution in [0.5, 0.6) is 0 Å². The minimum Gasteiger partial charge on any atom is -0.379 e. The lowest BCUT2D eigenvalue weighted by molar-refractivity contribution is -0.134. The largest absolute Gasteiger partial charge is 0.379 e. The molecule has 0 aromatic rings. The first-order valence-corrected chi connectivity index (χ1v) is 17.1. The van der Waals surface area contributed by atoms with Crippen molar-refractivity contribution < 1.29 is 23.7 Å². The molecule has 4 atom stereocenters. The molecule has 0 aliphatic heterocycles. The van der Waals surface area contributed by atoms with Gasteiger partial charge in [0, 0.05) is 26.4 Å². The topological polar surface area (TPSA) is 46.2 Å². The van der Waals surface area contributed by atoms with Crippen LogP contribution in [0.1, 0.15) is 144 Å². The summed E-state index contributed by atoms with van der Waals surface area (Å²) < 4.78 is 31.2. The van der Waals surface area contributed by atoms with Crippen LogP contribution in [0.4, 0.5) is 0 Å². The highest BCUT2D eigenvalue weighted by molar-refractivity contribution is 4.66. The summed E-state index contributed by atoms with van der Waals surface area (Å²) in [5.41, 5.74) is 0. The van der Waals surface area contributed by atoms with Crippen LogP contribution in [0.15, 0.2) is 0 Å². The highest BCUT2D eigenvalue weighted by atomic mass is 16.6. The van der Waals surface area contributed by atoms with Gasteiger partial charge in [-0.15, -0.1) is 0 Å². The third-order valence-corrected chi connectivity index (χ3v) is 7.68. The molecule has 0 N–H and O–H groups in total. The van der Waals surface area contributed by atoms with E-state index in [2.05, 4.69) is 41.5 Å². The molecule has 0 bridgehead atoms. The molecule has 39 heavy (non-hydrogen) atoms. The van der Waals surface area contributed by atoms with E-state index in [4.69, 9.17) is 23.7 Å². The van der Waals surface area contributed by atoms with Gasteiger partial charge in [-0.1, -0.05) is 119 Å². The fourth-order valence-corrected chi connectivity index (χ4v) is 4.75. The molecule has 0 aliphatic carbocycles. The second kappa shape index (κ2) is 30.8. The van der Waals surface area contributed by atoms with E-state index in [0.717, 1.165) is 39.3 Å². The van der Waals surface area contributed by atoms with E-state index in [1.807, 2.05) is 0 Å². The highest BCUT2D eigenvalue weighted by Crippen LogP contribution is 2.15. The number of unbranched alkanes of at least 4 members (excludes halogenated alkanes) is 8. The minimum atomic E-state index is -0.0980. The first-order chi connectivity index (χ1) is 19.1. The van der Waals surface area contributed by atoms with Crippen molar-refractivity contribution in [2.75, 3.05) is 52.9 Å². The molecule has 0 fully saturated rings. The fraction of sp³-hybridized carbons (Fsp3) is 1.00. The SMILES string of the molecule is CCCCCCOCC(COCC(CC)CCCC)OC(COCCCCCC)COCC(CC)CCCC. The summed E-state index contributed by atoms with van der Waals surface area (Å²) in [7, 11) is 0.